The van der Waals surface area contributed by atoms with E-state index in [4.69, 9.17) is 9.72 Å². The lowest BCUT2D eigenvalue weighted by Gasteiger charge is -2.30. The molecule has 2 aromatic heterocycles. The van der Waals surface area contributed by atoms with E-state index in [1.54, 1.807) is 20.8 Å². The van der Waals surface area contributed by atoms with Crippen LogP contribution in [0.2, 0.25) is 0 Å². The summed E-state index contributed by atoms with van der Waals surface area (Å²) in [6, 6.07) is 3.61. The number of pyridine rings is 1. The van der Waals surface area contributed by atoms with Crippen molar-refractivity contribution in [1.29, 1.82) is 0 Å². The number of benzene rings is 1. The lowest BCUT2D eigenvalue weighted by molar-refractivity contribution is -0.149. The van der Waals surface area contributed by atoms with Crippen molar-refractivity contribution in [2.24, 2.45) is 0 Å². The first kappa shape index (κ1) is 28.2. The van der Waals surface area contributed by atoms with Gasteiger partial charge in [0.15, 0.2) is 0 Å². The number of nitrogens with zero attached hydrogens (tertiary/aromatic N) is 3. The van der Waals surface area contributed by atoms with Crippen molar-refractivity contribution in [1.82, 2.24) is 25.6 Å². The number of fused-ring (bicyclic) bond motifs is 1. The Balaban J connectivity index is 1.75. The zero-order valence-corrected chi connectivity index (χ0v) is 22.8. The number of rotatable bonds is 5. The third-order valence-electron chi connectivity index (χ3n) is 6.56. The van der Waals surface area contributed by atoms with E-state index in [1.807, 2.05) is 42.3 Å². The average molecular weight is 547 g/mol. The number of ether oxygens (including phenoxy) is 1. The van der Waals surface area contributed by atoms with Crippen LogP contribution in [-0.4, -0.2) is 63.4 Å². The first-order chi connectivity index (χ1) is 18.1. The normalized spacial score (nSPS) is 18.7. The Hall–Kier alpha value is -3.83. The summed E-state index contributed by atoms with van der Waals surface area (Å²) in [7, 11) is 0. The number of H-pyrrole nitrogens is 1. The van der Waals surface area contributed by atoms with Crippen LogP contribution in [0.5, 0.6) is 0 Å². The predicted molar refractivity (Wildman–Crippen MR) is 142 cm³/mol. The first-order valence-electron chi connectivity index (χ1n) is 12.6. The summed E-state index contributed by atoms with van der Waals surface area (Å²) in [5.74, 6) is -0.487. The Bertz CT molecular complexity index is 1400. The minimum Gasteiger partial charge on any atom is -0.444 e. The van der Waals surface area contributed by atoms with Gasteiger partial charge < -0.3 is 25.3 Å². The number of para-hydroxylation sites is 1. The SMILES string of the molecule is Cc1cccc2[nH]c(-c3cncc(C(=O)N[C@@H](C)C(F)(F)F)c3N3CC[C@](C)(NC(=O)OC(C)(C)C)C3)nc12. The molecule has 0 saturated carbocycles. The Morgan fingerprint density at radius 3 is 2.56 bits per heavy atom. The molecule has 210 valence electrons. The van der Waals surface area contributed by atoms with E-state index in [2.05, 4.69) is 15.3 Å². The van der Waals surface area contributed by atoms with E-state index in [0.29, 0.717) is 30.0 Å². The van der Waals surface area contributed by atoms with E-state index < -0.39 is 35.4 Å². The molecule has 1 aromatic carbocycles. The van der Waals surface area contributed by atoms with Gasteiger partial charge in [0.1, 0.15) is 17.5 Å². The summed E-state index contributed by atoms with van der Waals surface area (Å²) in [4.78, 5) is 39.7. The van der Waals surface area contributed by atoms with E-state index in [9.17, 15) is 22.8 Å². The maximum absolute atomic E-state index is 13.3. The second kappa shape index (κ2) is 10.0. The molecule has 1 aliphatic heterocycles. The largest absolute Gasteiger partial charge is 0.444 e. The van der Waals surface area contributed by atoms with Crippen molar-refractivity contribution in [3.8, 4) is 11.4 Å². The number of hydrogen-bond donors (Lipinski definition) is 3. The van der Waals surface area contributed by atoms with Crippen LogP contribution in [0.3, 0.4) is 0 Å². The molecule has 2 atom stereocenters. The molecule has 9 nitrogen and oxygen atoms in total. The van der Waals surface area contributed by atoms with Gasteiger partial charge in [-0.15, -0.1) is 0 Å². The number of carbonyl (C=O) groups is 2. The van der Waals surface area contributed by atoms with E-state index >= 15 is 0 Å². The fraction of sp³-hybridized carbons (Fsp3) is 0.481. The van der Waals surface area contributed by atoms with Crippen LogP contribution < -0.4 is 15.5 Å². The number of alkyl halides is 3. The Labute approximate surface area is 224 Å². The van der Waals surface area contributed by atoms with E-state index in [0.717, 1.165) is 23.5 Å². The maximum Gasteiger partial charge on any atom is 0.408 e. The van der Waals surface area contributed by atoms with E-state index in [1.165, 1.54) is 12.4 Å². The Morgan fingerprint density at radius 1 is 1.21 bits per heavy atom. The average Bonchev–Trinajstić information content (AvgIpc) is 3.41. The third-order valence-corrected chi connectivity index (χ3v) is 6.56. The molecule has 3 aromatic rings. The molecule has 4 rings (SSSR count). The highest BCUT2D eigenvalue weighted by molar-refractivity contribution is 6.03. The summed E-state index contributed by atoms with van der Waals surface area (Å²) in [5, 5.41) is 4.95. The van der Waals surface area contributed by atoms with Crippen LogP contribution in [0, 0.1) is 6.92 Å². The number of halogens is 3. The summed E-state index contributed by atoms with van der Waals surface area (Å²) in [6.07, 6.45) is -1.90. The summed E-state index contributed by atoms with van der Waals surface area (Å²) in [6.45, 7) is 10.6. The number of aromatic amines is 1. The number of aromatic nitrogens is 3. The van der Waals surface area contributed by atoms with Crippen molar-refractivity contribution in [3.63, 3.8) is 0 Å². The van der Waals surface area contributed by atoms with Gasteiger partial charge in [-0.2, -0.15) is 13.2 Å². The van der Waals surface area contributed by atoms with Crippen molar-refractivity contribution in [2.45, 2.75) is 71.3 Å². The van der Waals surface area contributed by atoms with Gasteiger partial charge in [0.05, 0.1) is 33.4 Å². The highest BCUT2D eigenvalue weighted by atomic mass is 19.4. The highest BCUT2D eigenvalue weighted by Gasteiger charge is 2.40. The molecule has 0 unspecified atom stereocenters. The molecular formula is C27H33F3N6O3. The molecule has 1 fully saturated rings. The molecule has 0 bridgehead atoms. The Morgan fingerprint density at radius 2 is 1.92 bits per heavy atom. The van der Waals surface area contributed by atoms with Crippen molar-refractivity contribution < 1.29 is 27.5 Å². The molecule has 1 aliphatic rings. The van der Waals surface area contributed by atoms with Gasteiger partial charge in [-0.05, 0) is 59.6 Å². The van der Waals surface area contributed by atoms with Crippen LogP contribution in [0.1, 0.15) is 57.0 Å². The first-order valence-corrected chi connectivity index (χ1v) is 12.6. The zero-order valence-electron chi connectivity index (χ0n) is 22.8. The minimum absolute atomic E-state index is 0.0257. The van der Waals surface area contributed by atoms with Gasteiger partial charge in [-0.25, -0.2) is 9.78 Å². The second-order valence-corrected chi connectivity index (χ2v) is 11.2. The van der Waals surface area contributed by atoms with Crippen LogP contribution in [0.4, 0.5) is 23.7 Å². The Kier molecular flexibility index (Phi) is 7.26. The number of imidazole rings is 1. The lowest BCUT2D eigenvalue weighted by Crippen LogP contribution is -2.49. The highest BCUT2D eigenvalue weighted by Crippen LogP contribution is 2.37. The number of amides is 2. The molecule has 0 radical (unpaired) electrons. The van der Waals surface area contributed by atoms with Crippen molar-refractivity contribution >= 4 is 28.7 Å². The summed E-state index contributed by atoms with van der Waals surface area (Å²) >= 11 is 0. The van der Waals surface area contributed by atoms with Crippen molar-refractivity contribution in [3.05, 3.63) is 41.7 Å². The summed E-state index contributed by atoms with van der Waals surface area (Å²) < 4.78 is 45.2. The molecule has 12 heteroatoms. The molecule has 0 aliphatic carbocycles. The number of aryl methyl sites for hydroxylation is 1. The predicted octanol–water partition coefficient (Wildman–Crippen LogP) is 5.11. The van der Waals surface area contributed by atoms with Crippen LogP contribution in [0.15, 0.2) is 30.6 Å². The number of anilines is 1. The summed E-state index contributed by atoms with van der Waals surface area (Å²) in [5.41, 5.74) is 1.85. The molecule has 2 amide bonds. The smallest absolute Gasteiger partial charge is 0.408 e. The van der Waals surface area contributed by atoms with Gasteiger partial charge >= 0.3 is 12.3 Å². The number of nitrogens with one attached hydrogen (secondary N) is 3. The minimum atomic E-state index is -4.61. The standard InChI is InChI=1S/C27H33F3N6O3/c1-15-8-7-9-19-20(15)34-22(33-19)17-12-31-13-18(23(37)32-16(2)27(28,29)30)21(17)36-11-10-26(6,14-36)35-24(38)39-25(3,4)5/h7-9,12-13,16H,10-11,14H2,1-6H3,(H,32,37)(H,33,34)(H,35,38)/t16-,26-/m0/s1. The quantitative estimate of drug-likeness (QED) is 0.410. The maximum atomic E-state index is 13.3. The molecular weight excluding hydrogens is 513 g/mol. The fourth-order valence-corrected chi connectivity index (χ4v) is 4.60. The second-order valence-electron chi connectivity index (χ2n) is 11.2. The molecule has 0 spiro atoms. The number of alkyl carbamates (subject to hydrolysis) is 1. The fourth-order valence-electron chi connectivity index (χ4n) is 4.60. The van der Waals surface area contributed by atoms with Crippen LogP contribution >= 0.6 is 0 Å². The molecule has 39 heavy (non-hydrogen) atoms. The van der Waals surface area contributed by atoms with Gasteiger partial charge in [-0.1, -0.05) is 12.1 Å². The van der Waals surface area contributed by atoms with Crippen molar-refractivity contribution in [2.75, 3.05) is 18.0 Å². The topological polar surface area (TPSA) is 112 Å². The number of carbonyl (C=O) groups excluding carboxylic acids is 2. The van der Waals surface area contributed by atoms with Gasteiger partial charge in [-0.3, -0.25) is 9.78 Å². The van der Waals surface area contributed by atoms with E-state index in [-0.39, 0.29) is 12.1 Å². The zero-order chi connectivity index (χ0) is 28.8. The van der Waals surface area contributed by atoms with Gasteiger partial charge in [0, 0.05) is 25.5 Å². The number of hydrogen-bond acceptors (Lipinski definition) is 6. The molecule has 3 N–H and O–H groups in total. The molecule has 1 saturated heterocycles. The van der Waals surface area contributed by atoms with Crippen LogP contribution in [-0.2, 0) is 4.74 Å². The lowest BCUT2D eigenvalue weighted by atomic mass is 10.0. The van der Waals surface area contributed by atoms with Crippen LogP contribution in [0.25, 0.3) is 22.4 Å². The van der Waals surface area contributed by atoms with Gasteiger partial charge in [0.2, 0.25) is 0 Å². The third kappa shape index (κ3) is 6.26. The van der Waals surface area contributed by atoms with Gasteiger partial charge in [0.25, 0.3) is 5.91 Å². The monoisotopic (exact) mass is 546 g/mol. The molecule has 3 heterocycles.